The summed E-state index contributed by atoms with van der Waals surface area (Å²) in [5.74, 6) is -1.95. The molecule has 19 heavy (non-hydrogen) atoms. The molecule has 0 bridgehead atoms. The Kier molecular flexibility index (Phi) is 16.2. The van der Waals surface area contributed by atoms with E-state index in [1.54, 1.807) is 13.8 Å². The van der Waals surface area contributed by atoms with Crippen molar-refractivity contribution in [1.82, 2.24) is 6.15 Å². The first-order chi connectivity index (χ1) is 8.33. The minimum absolute atomic E-state index is 0. The van der Waals surface area contributed by atoms with Crippen molar-refractivity contribution in [3.05, 3.63) is 0 Å². The number of aliphatic carboxylic acids is 2. The molecule has 105 valence electrons. The molecule has 0 rings (SSSR count). The molecular formula is C12H18N3O4. The molecular weight excluding hydrogens is 250 g/mol. The molecule has 0 aromatic carbocycles. The molecule has 0 aliphatic carbocycles. The van der Waals surface area contributed by atoms with Crippen LogP contribution in [0.25, 0.3) is 0 Å². The maximum absolute atomic E-state index is 9.91. The van der Waals surface area contributed by atoms with Crippen LogP contribution in [-0.2, 0) is 9.59 Å². The second-order valence-corrected chi connectivity index (χ2v) is 3.93. The van der Waals surface area contributed by atoms with E-state index in [2.05, 4.69) is 0 Å². The van der Waals surface area contributed by atoms with E-state index in [-0.39, 0.29) is 30.8 Å². The highest BCUT2D eigenvalue weighted by Gasteiger charge is 2.02. The van der Waals surface area contributed by atoms with Crippen molar-refractivity contribution in [3.8, 4) is 12.1 Å². The summed E-state index contributed by atoms with van der Waals surface area (Å²) in [5.41, 5.74) is 0. The van der Waals surface area contributed by atoms with Crippen LogP contribution in [-0.4, -0.2) is 22.2 Å². The van der Waals surface area contributed by atoms with E-state index in [0.717, 1.165) is 0 Å². The molecule has 0 fully saturated rings. The van der Waals surface area contributed by atoms with E-state index in [1.165, 1.54) is 0 Å². The van der Waals surface area contributed by atoms with Crippen molar-refractivity contribution >= 4 is 11.9 Å². The quantitative estimate of drug-likeness (QED) is 0.744. The standard InChI is InChI=1S/2C6H9NO2.N/c2*1-5(4-7)2-3-6(8)9;/h2*5H,2-3H2,1H3,(H,8,9);. The number of carboxylic acid groups (broad SMARTS) is 2. The Morgan fingerprint density at radius 2 is 1.21 bits per heavy atom. The lowest BCUT2D eigenvalue weighted by molar-refractivity contribution is -0.138. The van der Waals surface area contributed by atoms with E-state index in [9.17, 15) is 9.59 Å². The molecule has 0 saturated heterocycles. The SMILES string of the molecule is CC(C#N)CCC(=O)O.CC(C#N)CCC(=O)O.[N]. The van der Waals surface area contributed by atoms with Crippen molar-refractivity contribution < 1.29 is 19.8 Å². The van der Waals surface area contributed by atoms with Crippen molar-refractivity contribution in [1.29, 1.82) is 10.5 Å². The molecule has 0 aliphatic heterocycles. The number of hydrogen-bond donors (Lipinski definition) is 2. The second-order valence-electron chi connectivity index (χ2n) is 3.93. The largest absolute Gasteiger partial charge is 0.481 e. The zero-order chi connectivity index (χ0) is 14.6. The molecule has 0 spiro atoms. The summed E-state index contributed by atoms with van der Waals surface area (Å²) >= 11 is 0. The fraction of sp³-hybridized carbons (Fsp3) is 0.667. The van der Waals surface area contributed by atoms with Gasteiger partial charge in [0.05, 0.1) is 12.1 Å². The lowest BCUT2D eigenvalue weighted by Gasteiger charge is -1.95. The van der Waals surface area contributed by atoms with Crippen LogP contribution in [0, 0.1) is 34.5 Å². The summed E-state index contributed by atoms with van der Waals surface area (Å²) in [5, 5.41) is 32.7. The molecule has 0 heterocycles. The third kappa shape index (κ3) is 21.7. The lowest BCUT2D eigenvalue weighted by atomic mass is 10.1. The maximum atomic E-state index is 9.91. The van der Waals surface area contributed by atoms with Gasteiger partial charge in [0.1, 0.15) is 0 Å². The molecule has 0 aromatic rings. The minimum atomic E-state index is -0.836. The van der Waals surface area contributed by atoms with Gasteiger partial charge >= 0.3 is 11.9 Å². The van der Waals surface area contributed by atoms with Gasteiger partial charge in [-0.3, -0.25) is 9.59 Å². The first-order valence-electron chi connectivity index (χ1n) is 5.56. The number of nitrogens with zero attached hydrogens (tertiary/aromatic N) is 3. The zero-order valence-electron chi connectivity index (χ0n) is 11.0. The zero-order valence-corrected chi connectivity index (χ0v) is 11.0. The summed E-state index contributed by atoms with van der Waals surface area (Å²) < 4.78 is 0. The number of rotatable bonds is 6. The highest BCUT2D eigenvalue weighted by Crippen LogP contribution is 2.02. The predicted octanol–water partition coefficient (Wildman–Crippen LogP) is 1.54. The maximum Gasteiger partial charge on any atom is 0.303 e. The Morgan fingerprint density at radius 3 is 1.37 bits per heavy atom. The van der Waals surface area contributed by atoms with Gasteiger partial charge in [-0.15, -0.1) is 0 Å². The average Bonchev–Trinajstić information content (AvgIpc) is 2.33. The lowest BCUT2D eigenvalue weighted by Crippen LogP contribution is -1.98. The van der Waals surface area contributed by atoms with Crippen molar-refractivity contribution in [2.24, 2.45) is 11.8 Å². The van der Waals surface area contributed by atoms with Gasteiger partial charge in [0.25, 0.3) is 0 Å². The van der Waals surface area contributed by atoms with Crippen molar-refractivity contribution in [2.75, 3.05) is 0 Å². The van der Waals surface area contributed by atoms with E-state index < -0.39 is 11.9 Å². The highest BCUT2D eigenvalue weighted by atomic mass is 16.4. The molecule has 0 aliphatic rings. The number of carboxylic acids is 2. The fourth-order valence-electron chi connectivity index (χ4n) is 0.809. The van der Waals surface area contributed by atoms with Crippen LogP contribution in [0.5, 0.6) is 0 Å². The van der Waals surface area contributed by atoms with Gasteiger partial charge in [-0.05, 0) is 26.7 Å². The van der Waals surface area contributed by atoms with Gasteiger partial charge in [0.2, 0.25) is 0 Å². The Balaban J connectivity index is -0.000000256. The van der Waals surface area contributed by atoms with Crippen molar-refractivity contribution in [3.63, 3.8) is 0 Å². The average molecular weight is 268 g/mol. The van der Waals surface area contributed by atoms with Crippen LogP contribution >= 0.6 is 0 Å². The molecule has 7 nitrogen and oxygen atoms in total. The van der Waals surface area contributed by atoms with Crippen LogP contribution in [0.1, 0.15) is 39.5 Å². The Hall–Kier alpha value is -2.12. The third-order valence-electron chi connectivity index (χ3n) is 2.02. The van der Waals surface area contributed by atoms with E-state index >= 15 is 0 Å². The van der Waals surface area contributed by atoms with E-state index in [0.29, 0.717) is 12.8 Å². The first-order valence-corrected chi connectivity index (χ1v) is 5.56. The molecule has 3 radical (unpaired) electrons. The topological polar surface area (TPSA) is 153 Å². The normalized spacial score (nSPS) is 11.4. The molecule has 2 N–H and O–H groups in total. The number of hydrogen-bond acceptors (Lipinski definition) is 4. The number of carbonyl (C=O) groups is 2. The van der Waals surface area contributed by atoms with Crippen LogP contribution < -0.4 is 6.15 Å². The third-order valence-corrected chi connectivity index (χ3v) is 2.02. The van der Waals surface area contributed by atoms with Crippen LogP contribution in [0.4, 0.5) is 0 Å². The smallest absolute Gasteiger partial charge is 0.303 e. The predicted molar refractivity (Wildman–Crippen MR) is 65.4 cm³/mol. The van der Waals surface area contributed by atoms with Crippen molar-refractivity contribution in [2.45, 2.75) is 39.5 Å². The Bertz CT molecular complexity index is 310. The van der Waals surface area contributed by atoms with Gasteiger partial charge in [0.15, 0.2) is 0 Å². The minimum Gasteiger partial charge on any atom is -0.481 e. The van der Waals surface area contributed by atoms with E-state index in [4.69, 9.17) is 20.7 Å². The summed E-state index contributed by atoms with van der Waals surface area (Å²) in [6.07, 6.45) is 1.08. The van der Waals surface area contributed by atoms with Gasteiger partial charge in [-0.25, -0.2) is 0 Å². The van der Waals surface area contributed by atoms with E-state index in [1.807, 2.05) is 12.1 Å². The van der Waals surface area contributed by atoms with Crippen LogP contribution in [0.15, 0.2) is 0 Å². The second kappa shape index (κ2) is 13.9. The fourth-order valence-corrected chi connectivity index (χ4v) is 0.809. The molecule has 7 heteroatoms. The Labute approximate surface area is 113 Å². The molecule has 2 unspecified atom stereocenters. The molecule has 0 aromatic heterocycles. The van der Waals surface area contributed by atoms with Gasteiger partial charge < -0.3 is 10.2 Å². The summed E-state index contributed by atoms with van der Waals surface area (Å²) in [7, 11) is 0. The van der Waals surface area contributed by atoms with Crippen LogP contribution in [0.2, 0.25) is 0 Å². The number of nitriles is 2. The monoisotopic (exact) mass is 268 g/mol. The van der Waals surface area contributed by atoms with Gasteiger partial charge in [-0.1, -0.05) is 0 Å². The Morgan fingerprint density at radius 1 is 0.947 bits per heavy atom. The van der Waals surface area contributed by atoms with Gasteiger partial charge in [-0.2, -0.15) is 10.5 Å². The van der Waals surface area contributed by atoms with Crippen LogP contribution in [0.3, 0.4) is 0 Å². The highest BCUT2D eigenvalue weighted by molar-refractivity contribution is 5.66. The summed E-state index contributed by atoms with van der Waals surface area (Å²) in [4.78, 5) is 19.8. The summed E-state index contributed by atoms with van der Waals surface area (Å²) in [6, 6.07) is 3.91. The summed E-state index contributed by atoms with van der Waals surface area (Å²) in [6.45, 7) is 3.42. The molecule has 0 saturated carbocycles. The molecule has 2 atom stereocenters. The molecule has 0 amide bonds. The first kappa shape index (κ1) is 22.1. The van der Waals surface area contributed by atoms with Gasteiger partial charge in [0, 0.05) is 30.8 Å².